The number of methoxy groups -OCH3 is 1. The first-order valence-electron chi connectivity index (χ1n) is 10.4. The summed E-state index contributed by atoms with van der Waals surface area (Å²) in [6.45, 7) is 10.2. The third-order valence-corrected chi connectivity index (χ3v) is 5.41. The second-order valence-corrected chi connectivity index (χ2v) is 9.17. The lowest BCUT2D eigenvalue weighted by Crippen LogP contribution is -2.53. The molecule has 1 aromatic rings. The van der Waals surface area contributed by atoms with Gasteiger partial charge >= 0.3 is 12.1 Å². The summed E-state index contributed by atoms with van der Waals surface area (Å²) in [6.07, 6.45) is 1.27. The molecule has 2 N–H and O–H groups in total. The van der Waals surface area contributed by atoms with Gasteiger partial charge in [-0.05, 0) is 70.8 Å². The Hall–Kier alpha value is -1.83. The minimum absolute atomic E-state index is 0.117. The maximum absolute atomic E-state index is 12.2. The minimum Gasteiger partial charge on any atom is -0.468 e. The zero-order valence-corrected chi connectivity index (χ0v) is 19.3. The van der Waals surface area contributed by atoms with E-state index in [4.69, 9.17) is 21.1 Å². The van der Waals surface area contributed by atoms with Crippen LogP contribution in [0.15, 0.2) is 18.2 Å². The molecule has 1 heterocycles. The molecule has 2 rings (SSSR count). The maximum Gasteiger partial charge on any atom is 0.407 e. The van der Waals surface area contributed by atoms with Gasteiger partial charge in [-0.1, -0.05) is 23.7 Å². The Labute approximate surface area is 184 Å². The predicted octanol–water partition coefficient (Wildman–Crippen LogP) is 3.27. The van der Waals surface area contributed by atoms with Crippen LogP contribution in [0.25, 0.3) is 0 Å². The molecule has 7 nitrogen and oxygen atoms in total. The van der Waals surface area contributed by atoms with Gasteiger partial charge in [-0.3, -0.25) is 9.69 Å². The quantitative estimate of drug-likeness (QED) is 0.635. The van der Waals surface area contributed by atoms with Crippen molar-refractivity contribution in [3.8, 4) is 0 Å². The Morgan fingerprint density at radius 1 is 1.27 bits per heavy atom. The van der Waals surface area contributed by atoms with Crippen LogP contribution in [-0.4, -0.2) is 61.4 Å². The first-order valence-corrected chi connectivity index (χ1v) is 10.7. The van der Waals surface area contributed by atoms with E-state index in [2.05, 4.69) is 27.7 Å². The molecule has 0 aliphatic carbocycles. The Bertz CT molecular complexity index is 728. The summed E-state index contributed by atoms with van der Waals surface area (Å²) in [6, 6.07) is 5.70. The Morgan fingerprint density at radius 2 is 1.93 bits per heavy atom. The fourth-order valence-electron chi connectivity index (χ4n) is 3.46. The van der Waals surface area contributed by atoms with Crippen molar-refractivity contribution >= 4 is 23.7 Å². The summed E-state index contributed by atoms with van der Waals surface area (Å²) >= 11 is 6.11. The lowest BCUT2D eigenvalue weighted by atomic mass is 10.0. The van der Waals surface area contributed by atoms with Crippen molar-refractivity contribution in [2.24, 2.45) is 0 Å². The van der Waals surface area contributed by atoms with Gasteiger partial charge in [0.1, 0.15) is 11.6 Å². The van der Waals surface area contributed by atoms with Crippen LogP contribution in [0, 0.1) is 6.92 Å². The van der Waals surface area contributed by atoms with Gasteiger partial charge in [0.25, 0.3) is 0 Å². The molecule has 1 amide bonds. The number of ether oxygens (including phenoxy) is 2. The van der Waals surface area contributed by atoms with Crippen LogP contribution in [0.1, 0.15) is 44.7 Å². The summed E-state index contributed by atoms with van der Waals surface area (Å²) in [5.74, 6) is -0.398. The van der Waals surface area contributed by atoms with E-state index < -0.39 is 23.7 Å². The number of carbonyl (C=O) groups excluding carboxylic acids is 2. The Kier molecular flexibility index (Phi) is 8.94. The number of amides is 1. The topological polar surface area (TPSA) is 79.9 Å². The number of benzene rings is 1. The number of halogens is 1. The second-order valence-electron chi connectivity index (χ2n) is 8.76. The first-order chi connectivity index (χ1) is 14.1. The summed E-state index contributed by atoms with van der Waals surface area (Å²) in [5.41, 5.74) is 1.75. The molecule has 1 aliphatic rings. The van der Waals surface area contributed by atoms with Gasteiger partial charge in [0.2, 0.25) is 0 Å². The Morgan fingerprint density at radius 3 is 2.50 bits per heavy atom. The van der Waals surface area contributed by atoms with Crippen LogP contribution < -0.4 is 10.6 Å². The normalized spacial score (nSPS) is 16.7. The largest absolute Gasteiger partial charge is 0.468 e. The van der Waals surface area contributed by atoms with Crippen LogP contribution in [0.2, 0.25) is 5.02 Å². The van der Waals surface area contributed by atoms with Crippen molar-refractivity contribution < 1.29 is 19.1 Å². The molecule has 1 fully saturated rings. The number of rotatable bonds is 7. The summed E-state index contributed by atoms with van der Waals surface area (Å²) in [7, 11) is 1.35. The number of hydrogen-bond acceptors (Lipinski definition) is 6. The smallest absolute Gasteiger partial charge is 0.407 e. The number of piperidine rings is 1. The number of aryl methyl sites for hydroxylation is 1. The molecule has 8 heteroatoms. The van der Waals surface area contributed by atoms with Crippen molar-refractivity contribution in [3.05, 3.63) is 34.3 Å². The minimum atomic E-state index is -0.613. The number of nitrogens with zero attached hydrogens (tertiary/aromatic N) is 1. The maximum atomic E-state index is 12.2. The highest BCUT2D eigenvalue weighted by molar-refractivity contribution is 6.31. The molecular formula is C22H34ClN3O4. The molecule has 0 bridgehead atoms. The van der Waals surface area contributed by atoms with Crippen molar-refractivity contribution in [3.63, 3.8) is 0 Å². The average molecular weight is 440 g/mol. The highest BCUT2D eigenvalue weighted by atomic mass is 35.5. The predicted molar refractivity (Wildman–Crippen MR) is 118 cm³/mol. The number of alkyl carbamates (subject to hydrolysis) is 1. The van der Waals surface area contributed by atoms with Crippen LogP contribution >= 0.6 is 11.6 Å². The second kappa shape index (κ2) is 11.0. The van der Waals surface area contributed by atoms with E-state index in [1.807, 2.05) is 13.0 Å². The molecule has 1 saturated heterocycles. The molecule has 0 saturated carbocycles. The number of esters is 1. The van der Waals surface area contributed by atoms with Crippen molar-refractivity contribution in [1.82, 2.24) is 15.5 Å². The third kappa shape index (κ3) is 8.13. The van der Waals surface area contributed by atoms with Crippen LogP contribution in [-0.2, 0) is 20.8 Å². The molecule has 0 radical (unpaired) electrons. The molecule has 30 heavy (non-hydrogen) atoms. The van der Waals surface area contributed by atoms with Crippen LogP contribution in [0.5, 0.6) is 0 Å². The third-order valence-electron chi connectivity index (χ3n) is 4.99. The van der Waals surface area contributed by atoms with Crippen molar-refractivity contribution in [2.45, 2.75) is 64.8 Å². The van der Waals surface area contributed by atoms with E-state index in [1.54, 1.807) is 20.8 Å². The van der Waals surface area contributed by atoms with E-state index in [0.717, 1.165) is 43.1 Å². The molecule has 0 spiro atoms. The Balaban J connectivity index is 1.82. The molecule has 1 atom stereocenters. The fourth-order valence-corrected chi connectivity index (χ4v) is 3.58. The lowest BCUT2D eigenvalue weighted by molar-refractivity contribution is -0.143. The molecule has 168 valence electrons. The van der Waals surface area contributed by atoms with E-state index in [1.165, 1.54) is 12.7 Å². The van der Waals surface area contributed by atoms with Gasteiger partial charge in [-0.15, -0.1) is 0 Å². The first kappa shape index (κ1) is 24.4. The number of carbonyl (C=O) groups is 2. The summed E-state index contributed by atoms with van der Waals surface area (Å²) < 4.78 is 10.1. The van der Waals surface area contributed by atoms with E-state index in [-0.39, 0.29) is 12.6 Å². The molecule has 0 aromatic heterocycles. The average Bonchev–Trinajstić information content (AvgIpc) is 2.67. The van der Waals surface area contributed by atoms with E-state index >= 15 is 0 Å². The zero-order valence-electron chi connectivity index (χ0n) is 18.6. The number of likely N-dealkylation sites (tertiary alicyclic amines) is 1. The number of nitrogens with one attached hydrogen (secondary N) is 2. The van der Waals surface area contributed by atoms with Crippen LogP contribution in [0.3, 0.4) is 0 Å². The number of hydrogen-bond donors (Lipinski definition) is 2. The molecule has 1 aliphatic heterocycles. The lowest BCUT2D eigenvalue weighted by Gasteiger charge is -2.34. The van der Waals surface area contributed by atoms with Crippen molar-refractivity contribution in [1.29, 1.82) is 0 Å². The highest BCUT2D eigenvalue weighted by Gasteiger charge is 2.27. The zero-order chi connectivity index (χ0) is 22.3. The summed E-state index contributed by atoms with van der Waals surface area (Å²) in [5, 5.41) is 6.77. The highest BCUT2D eigenvalue weighted by Crippen LogP contribution is 2.19. The van der Waals surface area contributed by atoms with Gasteiger partial charge in [0.05, 0.1) is 7.11 Å². The standard InChI is InChI=1S/C22H34ClN3O4/c1-15-12-16(6-7-18(15)23)14-26-10-8-17(9-11-26)25-19(20(27)29-5)13-24-21(28)30-22(2,3)4/h6-7,12,17,19,25H,8-11,13-14H2,1-5H3,(H,24,28)/t19-/m1/s1. The SMILES string of the molecule is COC(=O)[C@@H](CNC(=O)OC(C)(C)C)NC1CCN(Cc2ccc(Cl)c(C)c2)CC1. The van der Waals surface area contributed by atoms with Gasteiger partial charge in [0, 0.05) is 24.2 Å². The van der Waals surface area contributed by atoms with Gasteiger partial charge in [-0.2, -0.15) is 0 Å². The van der Waals surface area contributed by atoms with E-state index in [0.29, 0.717) is 0 Å². The van der Waals surface area contributed by atoms with Crippen LogP contribution in [0.4, 0.5) is 4.79 Å². The molecular weight excluding hydrogens is 406 g/mol. The van der Waals surface area contributed by atoms with Gasteiger partial charge < -0.3 is 20.1 Å². The van der Waals surface area contributed by atoms with Crippen molar-refractivity contribution in [2.75, 3.05) is 26.7 Å². The van der Waals surface area contributed by atoms with E-state index in [9.17, 15) is 9.59 Å². The molecule has 1 aromatic carbocycles. The fraction of sp³-hybridized carbons (Fsp3) is 0.636. The summed E-state index contributed by atoms with van der Waals surface area (Å²) in [4.78, 5) is 26.4. The molecule has 0 unspecified atom stereocenters. The van der Waals surface area contributed by atoms with Gasteiger partial charge in [0.15, 0.2) is 0 Å². The van der Waals surface area contributed by atoms with Gasteiger partial charge in [-0.25, -0.2) is 4.79 Å². The monoisotopic (exact) mass is 439 g/mol.